The van der Waals surface area contributed by atoms with Crippen molar-refractivity contribution in [3.8, 4) is 28.7 Å². The van der Waals surface area contributed by atoms with E-state index in [1.54, 1.807) is 50.6 Å². The van der Waals surface area contributed by atoms with Crippen LogP contribution in [0, 0.1) is 23.7 Å². The minimum absolute atomic E-state index is 0.104. The summed E-state index contributed by atoms with van der Waals surface area (Å²) in [7, 11) is 6.12. The molecule has 0 aromatic heterocycles. The fraction of sp³-hybridized carbons (Fsp3) is 0.240. The zero-order valence-corrected chi connectivity index (χ0v) is 35.2. The maximum atomic E-state index is 15.7. The summed E-state index contributed by atoms with van der Waals surface area (Å²) in [5.74, 6) is -4.04. The highest BCUT2D eigenvalue weighted by Gasteiger charge is 2.71. The first-order chi connectivity index (χ1) is 30.0. The average molecular weight is 851 g/mol. The molecule has 2 saturated heterocycles. The predicted octanol–water partition coefficient (Wildman–Crippen LogP) is 8.62. The summed E-state index contributed by atoms with van der Waals surface area (Å²) < 4.78 is 22.8. The quantitative estimate of drug-likeness (QED) is 0.0834. The molecule has 62 heavy (non-hydrogen) atoms. The maximum absolute atomic E-state index is 15.7. The summed E-state index contributed by atoms with van der Waals surface area (Å²) >= 11 is 6.47. The molecular weight excluding hydrogens is 808 g/mol. The number of aromatic hydroxyl groups is 1. The number of phenolic OH excluding ortho intramolecular Hbond substituents is 1. The minimum atomic E-state index is -1.57. The molecule has 5 aromatic carbocycles. The second-order valence-electron chi connectivity index (χ2n) is 15.9. The SMILES string of the molecule is COc1ccc(OC)c(C=Cc2ccc(N3C(=O)C4CC=C5C(CC6C(=O)N(c7cccc(Cl)c7)C(=O)C6(c6ccccc6)C5c5c(OC)cc(O)cc5OC)C4C3=O)cc2)c1. The number of amides is 4. The van der Waals surface area contributed by atoms with E-state index in [9.17, 15) is 14.7 Å². The van der Waals surface area contributed by atoms with Crippen molar-refractivity contribution >= 4 is 58.8 Å². The molecule has 314 valence electrons. The molecule has 9 rings (SSSR count). The molecule has 0 radical (unpaired) electrons. The molecule has 11 nitrogen and oxygen atoms in total. The fourth-order valence-corrected chi connectivity index (χ4v) is 10.6. The molecule has 0 bridgehead atoms. The highest BCUT2D eigenvalue weighted by atomic mass is 35.5. The van der Waals surface area contributed by atoms with Crippen molar-refractivity contribution < 1.29 is 43.2 Å². The number of carbonyl (C=O) groups excluding carboxylic acids is 4. The van der Waals surface area contributed by atoms with E-state index in [0.717, 1.165) is 16.7 Å². The van der Waals surface area contributed by atoms with Crippen LogP contribution in [0.5, 0.6) is 28.7 Å². The number of imide groups is 2. The number of benzene rings is 5. The molecule has 4 amide bonds. The molecule has 3 fully saturated rings. The molecule has 1 saturated carbocycles. The standard InChI is InChI=1S/C50H43ClN2O9/c1-59-35-19-22-40(60-2)29(23-35)16-13-28-14-17-32(18-15-28)52-46(55)37-21-20-36-38(43(37)48(52)57)27-39-47(56)53(33-12-8-11-31(51)24-33)49(58)50(39,30-9-6-5-7-10-30)45(36)44-41(61-3)25-34(54)26-42(44)62-4/h5-20,22-26,37-39,43,45,54H,21,27H2,1-4H3. The van der Waals surface area contributed by atoms with Crippen molar-refractivity contribution in [2.75, 3.05) is 38.2 Å². The van der Waals surface area contributed by atoms with Crippen molar-refractivity contribution in [3.63, 3.8) is 0 Å². The predicted molar refractivity (Wildman–Crippen MR) is 235 cm³/mol. The zero-order chi connectivity index (χ0) is 43.4. The van der Waals surface area contributed by atoms with E-state index in [-0.39, 0.29) is 41.9 Å². The van der Waals surface area contributed by atoms with Crippen molar-refractivity contribution in [2.45, 2.75) is 24.2 Å². The van der Waals surface area contributed by atoms with Gasteiger partial charge in [-0.15, -0.1) is 0 Å². The van der Waals surface area contributed by atoms with E-state index >= 15 is 9.59 Å². The normalized spacial score (nSPS) is 24.1. The Bertz CT molecular complexity index is 2670. The van der Waals surface area contributed by atoms with E-state index in [0.29, 0.717) is 39.0 Å². The molecule has 2 aliphatic heterocycles. The molecule has 5 aromatic rings. The van der Waals surface area contributed by atoms with Gasteiger partial charge >= 0.3 is 0 Å². The van der Waals surface area contributed by atoms with Crippen LogP contribution in [0.25, 0.3) is 12.2 Å². The molecule has 2 aliphatic carbocycles. The van der Waals surface area contributed by atoms with E-state index in [1.165, 1.54) is 36.2 Å². The van der Waals surface area contributed by atoms with Crippen LogP contribution in [0.2, 0.25) is 5.02 Å². The second kappa shape index (κ2) is 15.9. The van der Waals surface area contributed by atoms with Crippen LogP contribution in [0.15, 0.2) is 121 Å². The van der Waals surface area contributed by atoms with Gasteiger partial charge in [-0.1, -0.05) is 83.9 Å². The lowest BCUT2D eigenvalue weighted by atomic mass is 9.49. The number of methoxy groups -OCH3 is 4. The lowest BCUT2D eigenvalue weighted by Gasteiger charge is -2.51. The highest BCUT2D eigenvalue weighted by Crippen LogP contribution is 2.66. The largest absolute Gasteiger partial charge is 0.508 e. The third-order valence-corrected chi connectivity index (χ3v) is 13.3. The van der Waals surface area contributed by atoms with Gasteiger partial charge in [-0.25, -0.2) is 4.90 Å². The van der Waals surface area contributed by atoms with E-state index in [1.807, 2.05) is 78.9 Å². The molecule has 1 N–H and O–H groups in total. The first-order valence-corrected chi connectivity index (χ1v) is 20.7. The van der Waals surface area contributed by atoms with Crippen molar-refractivity contribution in [2.24, 2.45) is 23.7 Å². The van der Waals surface area contributed by atoms with Gasteiger partial charge in [0.05, 0.1) is 63.0 Å². The van der Waals surface area contributed by atoms with Crippen LogP contribution in [-0.4, -0.2) is 57.2 Å². The third-order valence-electron chi connectivity index (χ3n) is 13.0. The molecule has 4 aliphatic rings. The van der Waals surface area contributed by atoms with Gasteiger partial charge in [0.2, 0.25) is 23.6 Å². The summed E-state index contributed by atoms with van der Waals surface area (Å²) in [5, 5.41) is 11.2. The van der Waals surface area contributed by atoms with Crippen LogP contribution >= 0.6 is 11.6 Å². The number of hydrogen-bond acceptors (Lipinski definition) is 9. The Morgan fingerprint density at radius 2 is 1.39 bits per heavy atom. The van der Waals surface area contributed by atoms with Gasteiger partial charge < -0.3 is 24.1 Å². The van der Waals surface area contributed by atoms with E-state index < -0.39 is 46.8 Å². The van der Waals surface area contributed by atoms with Crippen LogP contribution in [0.3, 0.4) is 0 Å². The Morgan fingerprint density at radius 1 is 0.677 bits per heavy atom. The Hall–Kier alpha value is -6.85. The Balaban J connectivity index is 1.16. The molecule has 6 unspecified atom stereocenters. The minimum Gasteiger partial charge on any atom is -0.508 e. The topological polar surface area (TPSA) is 132 Å². The highest BCUT2D eigenvalue weighted by molar-refractivity contribution is 6.32. The van der Waals surface area contributed by atoms with Crippen LogP contribution < -0.4 is 28.7 Å². The number of anilines is 2. The fourth-order valence-electron chi connectivity index (χ4n) is 10.4. The van der Waals surface area contributed by atoms with Crippen molar-refractivity contribution in [1.82, 2.24) is 0 Å². The summed E-state index contributed by atoms with van der Waals surface area (Å²) in [6, 6.07) is 31.4. The number of carbonyl (C=O) groups is 4. The van der Waals surface area contributed by atoms with Gasteiger partial charge in [-0.3, -0.25) is 24.1 Å². The lowest BCUT2D eigenvalue weighted by Crippen LogP contribution is -2.53. The first kappa shape index (κ1) is 40.6. The first-order valence-electron chi connectivity index (χ1n) is 20.3. The van der Waals surface area contributed by atoms with E-state index in [2.05, 4.69) is 0 Å². The average Bonchev–Trinajstić information content (AvgIpc) is 3.68. The Kier molecular flexibility index (Phi) is 10.4. The number of halogens is 1. The number of fused-ring (bicyclic) bond motifs is 4. The van der Waals surface area contributed by atoms with E-state index in [4.69, 9.17) is 30.5 Å². The van der Waals surface area contributed by atoms with Crippen LogP contribution in [-0.2, 0) is 24.6 Å². The molecule has 6 atom stereocenters. The zero-order valence-electron chi connectivity index (χ0n) is 34.4. The summed E-state index contributed by atoms with van der Waals surface area (Å²) in [6.45, 7) is 0. The molecular formula is C50H43ClN2O9. The van der Waals surface area contributed by atoms with Crippen LogP contribution in [0.4, 0.5) is 11.4 Å². The van der Waals surface area contributed by atoms with Gasteiger partial charge in [0, 0.05) is 34.2 Å². The number of nitrogens with zero attached hydrogens (tertiary/aromatic N) is 2. The number of rotatable bonds is 10. The second-order valence-corrected chi connectivity index (χ2v) is 16.3. The smallest absolute Gasteiger partial charge is 0.246 e. The number of ether oxygens (including phenoxy) is 4. The summed E-state index contributed by atoms with van der Waals surface area (Å²) in [5.41, 5.74) is 2.57. The van der Waals surface area contributed by atoms with Crippen molar-refractivity contribution in [3.05, 3.63) is 148 Å². The number of allylic oxidation sites excluding steroid dienone is 2. The monoisotopic (exact) mass is 850 g/mol. The summed E-state index contributed by atoms with van der Waals surface area (Å²) in [6.07, 6.45) is 6.10. The Morgan fingerprint density at radius 3 is 2.05 bits per heavy atom. The third kappa shape index (κ3) is 6.24. The molecule has 2 heterocycles. The number of phenols is 1. The number of hydrogen-bond donors (Lipinski definition) is 1. The van der Waals surface area contributed by atoms with Gasteiger partial charge in [0.1, 0.15) is 28.7 Å². The van der Waals surface area contributed by atoms with Crippen molar-refractivity contribution in [1.29, 1.82) is 0 Å². The summed E-state index contributed by atoms with van der Waals surface area (Å²) in [4.78, 5) is 62.7. The van der Waals surface area contributed by atoms with Gasteiger partial charge in [0.25, 0.3) is 0 Å². The van der Waals surface area contributed by atoms with Gasteiger partial charge in [-0.2, -0.15) is 0 Å². The lowest BCUT2D eigenvalue weighted by molar-refractivity contribution is -0.127. The molecule has 12 heteroatoms. The van der Waals surface area contributed by atoms with Gasteiger partial charge in [-0.05, 0) is 78.4 Å². The van der Waals surface area contributed by atoms with Gasteiger partial charge in [0.15, 0.2) is 0 Å². The molecule has 0 spiro atoms. The van der Waals surface area contributed by atoms with Crippen LogP contribution in [0.1, 0.15) is 41.0 Å². The Labute approximate surface area is 363 Å². The maximum Gasteiger partial charge on any atom is 0.246 e.